The molecule has 0 bridgehead atoms. The number of hydrogen-bond acceptors (Lipinski definition) is 5. The van der Waals surface area contributed by atoms with Crippen LogP contribution >= 0.6 is 0 Å². The zero-order chi connectivity index (χ0) is 21.0. The Morgan fingerprint density at radius 2 is 2.00 bits per heavy atom. The summed E-state index contributed by atoms with van der Waals surface area (Å²) in [7, 11) is 0. The van der Waals surface area contributed by atoms with Crippen molar-refractivity contribution in [2.75, 3.05) is 6.61 Å². The number of hydrazone groups is 1. The second-order valence-electron chi connectivity index (χ2n) is 6.46. The Kier molecular flexibility index (Phi) is 5.92. The highest BCUT2D eigenvalue weighted by Gasteiger charge is 2.11. The van der Waals surface area contributed by atoms with Crippen molar-refractivity contribution in [2.45, 2.75) is 27.3 Å². The Morgan fingerprint density at radius 1 is 1.21 bits per heavy atom. The molecule has 2 aromatic carbocycles. The molecule has 0 saturated heterocycles. The van der Waals surface area contributed by atoms with E-state index < -0.39 is 12.6 Å². The maximum absolute atomic E-state index is 12.5. The van der Waals surface area contributed by atoms with Gasteiger partial charge in [-0.05, 0) is 51.1 Å². The lowest BCUT2D eigenvalue weighted by molar-refractivity contribution is -0.139. The number of aryl methyl sites for hydroxylation is 2. The van der Waals surface area contributed by atoms with Crippen LogP contribution in [0.4, 0.5) is 0 Å². The predicted octanol–water partition coefficient (Wildman–Crippen LogP) is 2.98. The Balaban J connectivity index is 1.73. The average molecular weight is 394 g/mol. The smallest absolute Gasteiger partial charge is 0.341 e. The maximum Gasteiger partial charge on any atom is 0.341 e. The van der Waals surface area contributed by atoms with Gasteiger partial charge in [-0.15, -0.1) is 0 Å². The third-order valence-electron chi connectivity index (χ3n) is 4.46. The Bertz CT molecular complexity index is 1100. The molecular formula is C21H22N4O4. The number of nitrogens with zero attached hydrogens (tertiary/aromatic N) is 3. The van der Waals surface area contributed by atoms with E-state index in [0.717, 1.165) is 23.4 Å². The minimum Gasteiger partial charge on any atom is -0.482 e. The number of carbonyl (C=O) groups excluding carboxylic acids is 1. The molecule has 0 saturated carbocycles. The van der Waals surface area contributed by atoms with Crippen LogP contribution in [0.25, 0.3) is 11.0 Å². The minimum absolute atomic E-state index is 0.340. The standard InChI is InChI=1S/C21H22N4O4/c1-4-25-14(3)22-18-11-16(8-9-19(18)25)21(28)24-23-13(2)15-6-5-7-17(10-15)29-12-20(26)27/h5-11H,4,12H2,1-3H3,(H,24,28)(H,26,27)/b23-13-. The minimum atomic E-state index is -1.05. The van der Waals surface area contributed by atoms with Crippen LogP contribution in [0.1, 0.15) is 35.6 Å². The molecule has 8 heteroatoms. The molecule has 1 aromatic heterocycles. The highest BCUT2D eigenvalue weighted by atomic mass is 16.5. The summed E-state index contributed by atoms with van der Waals surface area (Å²) >= 11 is 0. The van der Waals surface area contributed by atoms with Crippen LogP contribution in [-0.4, -0.2) is 38.9 Å². The fourth-order valence-electron chi connectivity index (χ4n) is 3.01. The Labute approximate surface area is 167 Å². The number of benzene rings is 2. The number of aliphatic carboxylic acids is 1. The fraction of sp³-hybridized carbons (Fsp3) is 0.238. The molecule has 0 spiro atoms. The molecule has 0 aliphatic rings. The first-order valence-electron chi connectivity index (χ1n) is 9.15. The molecule has 0 fully saturated rings. The van der Waals surface area contributed by atoms with Gasteiger partial charge in [0.05, 0.1) is 16.7 Å². The summed E-state index contributed by atoms with van der Waals surface area (Å²) in [6.07, 6.45) is 0. The molecule has 0 atom stereocenters. The van der Waals surface area contributed by atoms with Gasteiger partial charge in [-0.25, -0.2) is 15.2 Å². The van der Waals surface area contributed by atoms with Crippen molar-refractivity contribution in [1.29, 1.82) is 0 Å². The molecule has 29 heavy (non-hydrogen) atoms. The van der Waals surface area contributed by atoms with Gasteiger partial charge in [-0.2, -0.15) is 5.10 Å². The van der Waals surface area contributed by atoms with Crippen LogP contribution in [0.5, 0.6) is 5.75 Å². The molecule has 3 rings (SSSR count). The first-order chi connectivity index (χ1) is 13.9. The van der Waals surface area contributed by atoms with Gasteiger partial charge in [0.2, 0.25) is 0 Å². The van der Waals surface area contributed by atoms with Crippen molar-refractivity contribution in [2.24, 2.45) is 5.10 Å². The first kappa shape index (κ1) is 20.1. The second-order valence-corrected chi connectivity index (χ2v) is 6.46. The van der Waals surface area contributed by atoms with E-state index in [1.165, 1.54) is 0 Å². The molecule has 0 radical (unpaired) electrons. The zero-order valence-electron chi connectivity index (χ0n) is 16.5. The summed E-state index contributed by atoms with van der Waals surface area (Å²) in [5, 5.41) is 12.8. The SMILES string of the molecule is CCn1c(C)nc2cc(C(=O)N/N=C(/C)c3cccc(OCC(=O)O)c3)ccc21. The summed E-state index contributed by atoms with van der Waals surface area (Å²) in [6.45, 7) is 6.12. The second kappa shape index (κ2) is 8.55. The topological polar surface area (TPSA) is 106 Å². The van der Waals surface area contributed by atoms with Crippen LogP contribution in [-0.2, 0) is 11.3 Å². The maximum atomic E-state index is 12.5. The number of carboxylic acid groups (broad SMARTS) is 1. The van der Waals surface area contributed by atoms with E-state index in [9.17, 15) is 9.59 Å². The molecule has 2 N–H and O–H groups in total. The molecule has 8 nitrogen and oxygen atoms in total. The molecule has 1 heterocycles. The number of imidazole rings is 1. The summed E-state index contributed by atoms with van der Waals surface area (Å²) in [4.78, 5) is 27.6. The predicted molar refractivity (Wildman–Crippen MR) is 109 cm³/mol. The molecule has 3 aromatic rings. The van der Waals surface area contributed by atoms with Gasteiger partial charge in [0.15, 0.2) is 6.61 Å². The van der Waals surface area contributed by atoms with E-state index in [4.69, 9.17) is 9.84 Å². The number of ether oxygens (including phenoxy) is 1. The lowest BCUT2D eigenvalue weighted by atomic mass is 10.1. The Hall–Kier alpha value is -3.68. The average Bonchev–Trinajstić information content (AvgIpc) is 3.04. The van der Waals surface area contributed by atoms with Gasteiger partial charge in [0.1, 0.15) is 11.6 Å². The zero-order valence-corrected chi connectivity index (χ0v) is 16.5. The lowest BCUT2D eigenvalue weighted by Gasteiger charge is -2.07. The normalized spacial score (nSPS) is 11.5. The van der Waals surface area contributed by atoms with Crippen molar-refractivity contribution in [3.05, 3.63) is 59.4 Å². The highest BCUT2D eigenvalue weighted by Crippen LogP contribution is 2.18. The Morgan fingerprint density at radius 3 is 2.72 bits per heavy atom. The molecule has 0 aliphatic heterocycles. The van der Waals surface area contributed by atoms with Gasteiger partial charge < -0.3 is 14.4 Å². The number of hydrogen-bond donors (Lipinski definition) is 2. The van der Waals surface area contributed by atoms with Gasteiger partial charge in [-0.3, -0.25) is 4.79 Å². The fourth-order valence-corrected chi connectivity index (χ4v) is 3.01. The number of fused-ring (bicyclic) bond motifs is 1. The van der Waals surface area contributed by atoms with E-state index in [-0.39, 0.29) is 5.91 Å². The largest absolute Gasteiger partial charge is 0.482 e. The van der Waals surface area contributed by atoms with Crippen LogP contribution in [0.3, 0.4) is 0 Å². The van der Waals surface area contributed by atoms with E-state index in [2.05, 4.69) is 20.1 Å². The van der Waals surface area contributed by atoms with Gasteiger partial charge in [-0.1, -0.05) is 12.1 Å². The van der Waals surface area contributed by atoms with Crippen molar-refractivity contribution in [1.82, 2.24) is 15.0 Å². The van der Waals surface area contributed by atoms with Crippen LogP contribution in [0.15, 0.2) is 47.6 Å². The van der Waals surface area contributed by atoms with Crippen molar-refractivity contribution >= 4 is 28.6 Å². The number of amides is 1. The monoisotopic (exact) mass is 394 g/mol. The summed E-state index contributed by atoms with van der Waals surface area (Å²) in [6, 6.07) is 12.2. The third-order valence-corrected chi connectivity index (χ3v) is 4.46. The molecular weight excluding hydrogens is 372 g/mol. The number of rotatable bonds is 7. The molecule has 150 valence electrons. The summed E-state index contributed by atoms with van der Waals surface area (Å²) in [5.41, 5.74) is 6.03. The molecule has 1 amide bonds. The van der Waals surface area contributed by atoms with E-state index >= 15 is 0 Å². The van der Waals surface area contributed by atoms with Crippen molar-refractivity contribution in [3.63, 3.8) is 0 Å². The number of nitrogens with one attached hydrogen (secondary N) is 1. The summed E-state index contributed by atoms with van der Waals surface area (Å²) < 4.78 is 7.25. The number of aromatic nitrogens is 2. The van der Waals surface area contributed by atoms with Gasteiger partial charge in [0.25, 0.3) is 5.91 Å². The van der Waals surface area contributed by atoms with Gasteiger partial charge >= 0.3 is 5.97 Å². The van der Waals surface area contributed by atoms with Gasteiger partial charge in [0, 0.05) is 17.7 Å². The van der Waals surface area contributed by atoms with Crippen LogP contribution in [0.2, 0.25) is 0 Å². The highest BCUT2D eigenvalue weighted by molar-refractivity contribution is 6.01. The molecule has 0 aliphatic carbocycles. The van der Waals surface area contributed by atoms with E-state index in [0.29, 0.717) is 22.6 Å². The lowest BCUT2D eigenvalue weighted by Crippen LogP contribution is -2.19. The number of carbonyl (C=O) groups is 2. The third kappa shape index (κ3) is 4.60. The van der Waals surface area contributed by atoms with Crippen molar-refractivity contribution < 1.29 is 19.4 Å². The molecule has 0 unspecified atom stereocenters. The quantitative estimate of drug-likeness (QED) is 0.473. The van der Waals surface area contributed by atoms with Crippen LogP contribution in [0, 0.1) is 6.92 Å². The number of carboxylic acids is 1. The van der Waals surface area contributed by atoms with Crippen molar-refractivity contribution in [3.8, 4) is 5.75 Å². The summed E-state index contributed by atoms with van der Waals surface area (Å²) in [5.74, 6) is -0.0748. The first-order valence-corrected chi connectivity index (χ1v) is 9.15. The van der Waals surface area contributed by atoms with Crippen LogP contribution < -0.4 is 10.2 Å². The van der Waals surface area contributed by atoms with E-state index in [1.54, 1.807) is 43.3 Å². The van der Waals surface area contributed by atoms with E-state index in [1.807, 2.05) is 19.9 Å².